The quantitative estimate of drug-likeness (QED) is 0.0365. The third kappa shape index (κ3) is 13.8. The van der Waals surface area contributed by atoms with Gasteiger partial charge in [0.05, 0.1) is 51.1 Å². The molecule has 5 amide bonds. The van der Waals surface area contributed by atoms with Crippen LogP contribution in [0.4, 0.5) is 0 Å². The molecule has 0 aromatic heterocycles. The summed E-state index contributed by atoms with van der Waals surface area (Å²) in [5, 5.41) is 2.19. The van der Waals surface area contributed by atoms with Crippen molar-refractivity contribution >= 4 is 41.3 Å². The van der Waals surface area contributed by atoms with Gasteiger partial charge in [-0.2, -0.15) is 0 Å². The van der Waals surface area contributed by atoms with Crippen molar-refractivity contribution in [3.8, 4) is 23.0 Å². The van der Waals surface area contributed by atoms with Crippen LogP contribution in [0.2, 0.25) is 0 Å². The summed E-state index contributed by atoms with van der Waals surface area (Å²) in [5.74, 6) is -1.79. The van der Waals surface area contributed by atoms with Crippen LogP contribution in [0.25, 0.3) is 0 Å². The van der Waals surface area contributed by atoms with Crippen LogP contribution in [0.3, 0.4) is 0 Å². The van der Waals surface area contributed by atoms with Crippen molar-refractivity contribution in [1.82, 2.24) is 15.1 Å². The summed E-state index contributed by atoms with van der Waals surface area (Å²) >= 11 is 0. The molecule has 1 N–H and O–H groups in total. The van der Waals surface area contributed by atoms with E-state index in [-0.39, 0.29) is 80.9 Å². The Morgan fingerprint density at radius 2 is 1.52 bits per heavy atom. The molecule has 4 aromatic carbocycles. The molecule has 0 radical (unpaired) electrons. The van der Waals surface area contributed by atoms with Gasteiger partial charge in [0.25, 0.3) is 11.8 Å². The standard InChI is InChI=1S/C58H69N3O14/c1-7-44(41-32-38(4)53(70-6)50(34-41)69-5)55(65)60-25-9-8-17-47(60)58(68)75-48(23-21-39-20-19-36(2)37(3)31-39)40-13-10-15-43(33-40)74-35-42(62)14-12-26-71-27-28-72-29-30-73-49-18-11-16-45-52(49)57(67)61(56(45)66)46-22-24-51(63)59-54(46)64/h10-11,13,15-16,18-20,31-34,44,46-48H,7-9,12,14,17,21-30,35H2,1-6H3,(H,59,63,64)/t44-,46?,47?,48?/m0/s1. The number of imide groups is 2. The third-order valence-corrected chi connectivity index (χ3v) is 14.0. The largest absolute Gasteiger partial charge is 0.493 e. The number of esters is 1. The number of carbonyl (C=O) groups is 7. The number of fused-ring (bicyclic) bond motifs is 1. The number of ketones is 1. The molecule has 3 unspecified atom stereocenters. The Hall–Kier alpha value is -7.11. The molecule has 17 heteroatoms. The van der Waals surface area contributed by atoms with Crippen molar-refractivity contribution in [1.29, 1.82) is 0 Å². The zero-order valence-electron chi connectivity index (χ0n) is 43.9. The van der Waals surface area contributed by atoms with Gasteiger partial charge >= 0.3 is 5.97 Å². The highest BCUT2D eigenvalue weighted by Crippen LogP contribution is 2.38. The first kappa shape index (κ1) is 55.6. The van der Waals surface area contributed by atoms with Crippen molar-refractivity contribution < 1.29 is 66.7 Å². The Morgan fingerprint density at radius 3 is 2.27 bits per heavy atom. The van der Waals surface area contributed by atoms with E-state index >= 15 is 0 Å². The Kier molecular flexibility index (Phi) is 19.6. The van der Waals surface area contributed by atoms with Crippen LogP contribution < -0.4 is 24.3 Å². The number of rotatable bonds is 26. The molecular weight excluding hydrogens is 963 g/mol. The molecule has 75 heavy (non-hydrogen) atoms. The van der Waals surface area contributed by atoms with Gasteiger partial charge in [-0.1, -0.05) is 49.4 Å². The van der Waals surface area contributed by atoms with E-state index in [9.17, 15) is 33.6 Å². The molecule has 3 heterocycles. The number of piperidine rings is 2. The highest BCUT2D eigenvalue weighted by Gasteiger charge is 2.46. The average Bonchev–Trinajstić information content (AvgIpc) is 3.66. The normalized spacial score (nSPS) is 17.3. The summed E-state index contributed by atoms with van der Waals surface area (Å²) in [5.41, 5.74) is 6.03. The van der Waals surface area contributed by atoms with E-state index in [1.807, 2.05) is 38.1 Å². The van der Waals surface area contributed by atoms with Gasteiger partial charge in [0.1, 0.15) is 42.9 Å². The fourth-order valence-corrected chi connectivity index (χ4v) is 9.89. The van der Waals surface area contributed by atoms with E-state index in [4.69, 9.17) is 33.2 Å². The number of nitrogens with zero attached hydrogens (tertiary/aromatic N) is 2. The van der Waals surface area contributed by atoms with Gasteiger partial charge in [-0.15, -0.1) is 0 Å². The van der Waals surface area contributed by atoms with Crippen LogP contribution in [0.1, 0.15) is 131 Å². The maximum atomic E-state index is 14.4. The molecule has 3 aliphatic rings. The van der Waals surface area contributed by atoms with E-state index in [2.05, 4.69) is 37.4 Å². The second kappa shape index (κ2) is 26.4. The van der Waals surface area contributed by atoms with E-state index in [0.717, 1.165) is 34.4 Å². The Morgan fingerprint density at radius 1 is 0.747 bits per heavy atom. The summed E-state index contributed by atoms with van der Waals surface area (Å²) < 4.78 is 40.7. The number of nitrogens with one attached hydrogen (secondary N) is 1. The molecule has 0 spiro atoms. The van der Waals surface area contributed by atoms with Gasteiger partial charge in [0.15, 0.2) is 17.3 Å². The van der Waals surface area contributed by atoms with Gasteiger partial charge in [-0.05, 0) is 136 Å². The van der Waals surface area contributed by atoms with Crippen molar-refractivity contribution in [3.05, 3.63) is 117 Å². The van der Waals surface area contributed by atoms with Crippen LogP contribution in [0.15, 0.2) is 72.8 Å². The van der Waals surface area contributed by atoms with Gasteiger partial charge in [0.2, 0.25) is 17.7 Å². The SMILES string of the molecule is CC[C@H](C(=O)N1CCCCC1C(=O)OC(CCc1ccc(C)c(C)c1)c1cccc(OCC(=O)CCCOCCOCCOc2cccc3c2C(=O)N(C2CCC(=O)NC2=O)C3=O)c1)c1cc(C)c(OC)c(OC)c1. The highest BCUT2D eigenvalue weighted by molar-refractivity contribution is 6.24. The fourth-order valence-electron chi connectivity index (χ4n) is 9.89. The number of carbonyl (C=O) groups excluding carboxylic acids is 7. The second-order valence-corrected chi connectivity index (χ2v) is 19.2. The molecule has 4 atom stereocenters. The first-order valence-corrected chi connectivity index (χ1v) is 25.9. The highest BCUT2D eigenvalue weighted by atomic mass is 16.6. The molecule has 400 valence electrons. The molecule has 7 rings (SSSR count). The lowest BCUT2D eigenvalue weighted by molar-refractivity contribution is -0.162. The number of aryl methyl sites for hydroxylation is 4. The van der Waals surface area contributed by atoms with E-state index in [1.54, 1.807) is 43.4 Å². The molecule has 2 saturated heterocycles. The van der Waals surface area contributed by atoms with Crippen LogP contribution in [0, 0.1) is 20.8 Å². The number of ether oxygens (including phenoxy) is 7. The number of Topliss-reactive ketones (excluding diaryl/α,β-unsaturated/α-hetero) is 1. The molecule has 17 nitrogen and oxygen atoms in total. The van der Waals surface area contributed by atoms with Crippen LogP contribution in [-0.2, 0) is 44.6 Å². The predicted octanol–water partition coefficient (Wildman–Crippen LogP) is 7.66. The number of amides is 5. The Labute approximate surface area is 438 Å². The van der Waals surface area contributed by atoms with Crippen molar-refractivity contribution in [3.63, 3.8) is 0 Å². The van der Waals surface area contributed by atoms with Crippen molar-refractivity contribution in [2.75, 3.05) is 60.4 Å². The average molecular weight is 1030 g/mol. The molecule has 0 bridgehead atoms. The smallest absolute Gasteiger partial charge is 0.329 e. The van der Waals surface area contributed by atoms with Gasteiger partial charge < -0.3 is 38.1 Å². The first-order valence-electron chi connectivity index (χ1n) is 25.9. The monoisotopic (exact) mass is 1030 g/mol. The predicted molar refractivity (Wildman–Crippen MR) is 276 cm³/mol. The minimum Gasteiger partial charge on any atom is -0.493 e. The van der Waals surface area contributed by atoms with Crippen molar-refractivity contribution in [2.45, 2.75) is 116 Å². The third-order valence-electron chi connectivity index (χ3n) is 14.0. The summed E-state index contributed by atoms with van der Waals surface area (Å²) in [4.78, 5) is 94.8. The number of methoxy groups -OCH3 is 2. The van der Waals surface area contributed by atoms with Crippen LogP contribution in [0.5, 0.6) is 23.0 Å². The topological polar surface area (TPSA) is 203 Å². The maximum Gasteiger partial charge on any atom is 0.329 e. The zero-order valence-corrected chi connectivity index (χ0v) is 43.9. The minimum atomic E-state index is -1.07. The van der Waals surface area contributed by atoms with Crippen molar-refractivity contribution in [2.24, 2.45) is 0 Å². The lowest BCUT2D eigenvalue weighted by atomic mass is 9.91. The number of hydrogen-bond acceptors (Lipinski definition) is 14. The van der Waals surface area contributed by atoms with Crippen LogP contribution in [-0.4, -0.2) is 124 Å². The molecule has 4 aromatic rings. The number of hydrogen-bond donors (Lipinski definition) is 1. The Balaban J connectivity index is 0.873. The molecule has 0 aliphatic carbocycles. The summed E-state index contributed by atoms with van der Waals surface area (Å²) in [7, 11) is 3.16. The maximum absolute atomic E-state index is 14.4. The summed E-state index contributed by atoms with van der Waals surface area (Å²) in [6.45, 7) is 9.40. The lowest BCUT2D eigenvalue weighted by Crippen LogP contribution is -2.54. The minimum absolute atomic E-state index is 0.0248. The zero-order chi connectivity index (χ0) is 53.6. The molecule has 0 saturated carbocycles. The number of likely N-dealkylation sites (tertiary alicyclic amines) is 1. The van der Waals surface area contributed by atoms with Crippen LogP contribution >= 0.6 is 0 Å². The lowest BCUT2D eigenvalue weighted by Gasteiger charge is -2.37. The molecular formula is C58H69N3O14. The second-order valence-electron chi connectivity index (χ2n) is 19.2. The van der Waals surface area contributed by atoms with Gasteiger partial charge in [-0.25, -0.2) is 4.79 Å². The first-order chi connectivity index (χ1) is 36.2. The van der Waals surface area contributed by atoms with E-state index in [1.165, 1.54) is 17.2 Å². The summed E-state index contributed by atoms with van der Waals surface area (Å²) in [6.07, 6.45) is 3.80. The molecule has 3 aliphatic heterocycles. The fraction of sp³-hybridized carbons (Fsp3) is 0.466. The Bertz CT molecular complexity index is 2740. The van der Waals surface area contributed by atoms with Gasteiger partial charge in [-0.3, -0.25) is 39.0 Å². The molecule has 2 fully saturated rings. The van der Waals surface area contributed by atoms with E-state index < -0.39 is 53.7 Å². The van der Waals surface area contributed by atoms with Gasteiger partial charge in [0, 0.05) is 26.0 Å². The summed E-state index contributed by atoms with van der Waals surface area (Å²) in [6, 6.07) is 20.2. The number of benzene rings is 4. The van der Waals surface area contributed by atoms with E-state index in [0.29, 0.717) is 68.1 Å².